The van der Waals surface area contributed by atoms with Crippen LogP contribution < -0.4 is 0 Å². The summed E-state index contributed by atoms with van der Waals surface area (Å²) in [5.41, 5.74) is 0. The van der Waals surface area contributed by atoms with Crippen molar-refractivity contribution in [3.05, 3.63) is 0 Å². The molecule has 0 aliphatic carbocycles. The highest BCUT2D eigenvalue weighted by molar-refractivity contribution is 5.77. The Bertz CT molecular complexity index is 325. The number of nitrogens with zero attached hydrogens (tertiary/aromatic N) is 2. The van der Waals surface area contributed by atoms with E-state index in [4.69, 9.17) is 4.74 Å². The van der Waals surface area contributed by atoms with Crippen LogP contribution in [-0.2, 0) is 9.53 Å². The summed E-state index contributed by atoms with van der Waals surface area (Å²) in [5, 5.41) is 0. The maximum atomic E-state index is 12.2. The SMILES string of the molecule is CCC1CCN(C(=O)COCC(C)CCN(CC)C(C)C)CC1. The van der Waals surface area contributed by atoms with Crippen molar-refractivity contribution in [1.82, 2.24) is 9.80 Å². The van der Waals surface area contributed by atoms with E-state index in [1.807, 2.05) is 4.90 Å². The third kappa shape index (κ3) is 7.67. The first-order valence-corrected chi connectivity index (χ1v) is 9.57. The molecule has 1 aliphatic heterocycles. The first-order valence-electron chi connectivity index (χ1n) is 9.57. The van der Waals surface area contributed by atoms with Gasteiger partial charge < -0.3 is 14.5 Å². The van der Waals surface area contributed by atoms with Crippen molar-refractivity contribution in [3.63, 3.8) is 0 Å². The first kappa shape index (κ1) is 20.4. The standard InChI is InChI=1S/C19H38N2O2/c1-6-18-9-12-21(13-10-18)19(22)15-23-14-17(5)8-11-20(7-2)16(3)4/h16-18H,6-15H2,1-5H3. The number of amides is 1. The molecule has 1 heterocycles. The number of piperidine rings is 1. The number of rotatable bonds is 10. The van der Waals surface area contributed by atoms with Crippen molar-refractivity contribution in [2.45, 2.75) is 66.3 Å². The van der Waals surface area contributed by atoms with E-state index < -0.39 is 0 Å². The van der Waals surface area contributed by atoms with Crippen LogP contribution in [0.3, 0.4) is 0 Å². The van der Waals surface area contributed by atoms with Crippen LogP contribution in [0.15, 0.2) is 0 Å². The molecule has 0 aromatic rings. The average molecular weight is 327 g/mol. The minimum atomic E-state index is 0.170. The minimum absolute atomic E-state index is 0.170. The van der Waals surface area contributed by atoms with Gasteiger partial charge in [0.05, 0.1) is 0 Å². The molecule has 4 heteroatoms. The molecule has 0 aromatic carbocycles. The Morgan fingerprint density at radius 3 is 2.39 bits per heavy atom. The van der Waals surface area contributed by atoms with Gasteiger partial charge in [0, 0.05) is 25.7 Å². The zero-order valence-corrected chi connectivity index (χ0v) is 16.0. The van der Waals surface area contributed by atoms with E-state index in [0.29, 0.717) is 18.6 Å². The molecule has 1 fully saturated rings. The van der Waals surface area contributed by atoms with Crippen molar-refractivity contribution in [2.24, 2.45) is 11.8 Å². The van der Waals surface area contributed by atoms with Gasteiger partial charge in [-0.2, -0.15) is 0 Å². The Hall–Kier alpha value is -0.610. The second-order valence-corrected chi connectivity index (χ2v) is 7.36. The molecule has 1 saturated heterocycles. The molecular formula is C19H38N2O2. The highest BCUT2D eigenvalue weighted by atomic mass is 16.5. The molecule has 1 rings (SSSR count). The van der Waals surface area contributed by atoms with E-state index in [9.17, 15) is 4.79 Å². The number of carbonyl (C=O) groups excluding carboxylic acids is 1. The van der Waals surface area contributed by atoms with Crippen molar-refractivity contribution < 1.29 is 9.53 Å². The van der Waals surface area contributed by atoms with Crippen LogP contribution in [0.5, 0.6) is 0 Å². The predicted octanol–water partition coefficient (Wildman–Crippen LogP) is 3.41. The number of ether oxygens (including phenoxy) is 1. The lowest BCUT2D eigenvalue weighted by Crippen LogP contribution is -2.40. The topological polar surface area (TPSA) is 32.8 Å². The quantitative estimate of drug-likeness (QED) is 0.617. The summed E-state index contributed by atoms with van der Waals surface area (Å²) in [5.74, 6) is 1.48. The molecule has 1 unspecified atom stereocenters. The Kier molecular flexibility index (Phi) is 9.80. The van der Waals surface area contributed by atoms with Gasteiger partial charge in [0.2, 0.25) is 5.91 Å². The molecule has 0 spiro atoms. The zero-order valence-electron chi connectivity index (χ0n) is 16.0. The number of carbonyl (C=O) groups is 1. The summed E-state index contributed by atoms with van der Waals surface area (Å²) in [7, 11) is 0. The van der Waals surface area contributed by atoms with E-state index in [2.05, 4.69) is 39.5 Å². The third-order valence-electron chi connectivity index (χ3n) is 5.22. The summed E-state index contributed by atoms with van der Waals surface area (Å²) in [6.07, 6.45) is 4.67. The summed E-state index contributed by atoms with van der Waals surface area (Å²) in [4.78, 5) is 16.6. The highest BCUT2D eigenvalue weighted by Crippen LogP contribution is 2.19. The summed E-state index contributed by atoms with van der Waals surface area (Å²) in [6, 6.07) is 0.598. The fourth-order valence-corrected chi connectivity index (χ4v) is 3.28. The highest BCUT2D eigenvalue weighted by Gasteiger charge is 2.21. The van der Waals surface area contributed by atoms with Crippen LogP contribution in [0.4, 0.5) is 0 Å². The van der Waals surface area contributed by atoms with Crippen molar-refractivity contribution in [3.8, 4) is 0 Å². The average Bonchev–Trinajstić information content (AvgIpc) is 2.55. The van der Waals surface area contributed by atoms with E-state index in [0.717, 1.165) is 51.4 Å². The maximum absolute atomic E-state index is 12.2. The fraction of sp³-hybridized carbons (Fsp3) is 0.947. The molecule has 0 bridgehead atoms. The zero-order chi connectivity index (χ0) is 17.2. The van der Waals surface area contributed by atoms with Crippen molar-refractivity contribution >= 4 is 5.91 Å². The normalized spacial score (nSPS) is 18.0. The lowest BCUT2D eigenvalue weighted by Gasteiger charge is -2.31. The maximum Gasteiger partial charge on any atom is 0.248 e. The van der Waals surface area contributed by atoms with Crippen LogP contribution in [0.25, 0.3) is 0 Å². The van der Waals surface area contributed by atoms with Gasteiger partial charge in [-0.3, -0.25) is 4.79 Å². The van der Waals surface area contributed by atoms with Gasteiger partial charge in [-0.05, 0) is 58.0 Å². The van der Waals surface area contributed by atoms with Crippen LogP contribution in [0.2, 0.25) is 0 Å². The summed E-state index contributed by atoms with van der Waals surface area (Å²) >= 11 is 0. The van der Waals surface area contributed by atoms with E-state index in [1.54, 1.807) is 0 Å². The molecule has 1 atom stereocenters. The minimum Gasteiger partial charge on any atom is -0.371 e. The number of likely N-dealkylation sites (tertiary alicyclic amines) is 1. The smallest absolute Gasteiger partial charge is 0.248 e. The number of hydrogen-bond donors (Lipinski definition) is 0. The molecule has 0 radical (unpaired) electrons. The molecule has 0 saturated carbocycles. The molecule has 1 aliphatic rings. The van der Waals surface area contributed by atoms with E-state index in [-0.39, 0.29) is 12.5 Å². The molecule has 136 valence electrons. The Balaban J connectivity index is 2.14. The predicted molar refractivity (Wildman–Crippen MR) is 96.6 cm³/mol. The van der Waals surface area contributed by atoms with E-state index >= 15 is 0 Å². The molecule has 0 aromatic heterocycles. The number of hydrogen-bond acceptors (Lipinski definition) is 3. The summed E-state index contributed by atoms with van der Waals surface area (Å²) in [6.45, 7) is 16.1. The van der Waals surface area contributed by atoms with E-state index in [1.165, 1.54) is 6.42 Å². The van der Waals surface area contributed by atoms with Gasteiger partial charge in [0.15, 0.2) is 0 Å². The third-order valence-corrected chi connectivity index (χ3v) is 5.22. The lowest BCUT2D eigenvalue weighted by molar-refractivity contribution is -0.138. The van der Waals surface area contributed by atoms with Gasteiger partial charge in [-0.1, -0.05) is 27.2 Å². The summed E-state index contributed by atoms with van der Waals surface area (Å²) < 4.78 is 5.68. The fourth-order valence-electron chi connectivity index (χ4n) is 3.28. The Morgan fingerprint density at radius 2 is 1.87 bits per heavy atom. The van der Waals surface area contributed by atoms with Crippen LogP contribution in [0, 0.1) is 11.8 Å². The van der Waals surface area contributed by atoms with Gasteiger partial charge >= 0.3 is 0 Å². The van der Waals surface area contributed by atoms with Crippen LogP contribution >= 0.6 is 0 Å². The lowest BCUT2D eigenvalue weighted by atomic mass is 9.94. The molecular weight excluding hydrogens is 288 g/mol. The first-order chi connectivity index (χ1) is 11.0. The molecule has 0 N–H and O–H groups in total. The Morgan fingerprint density at radius 1 is 1.22 bits per heavy atom. The van der Waals surface area contributed by atoms with Crippen LogP contribution in [-0.4, -0.2) is 61.1 Å². The van der Waals surface area contributed by atoms with Gasteiger partial charge in [-0.25, -0.2) is 0 Å². The molecule has 23 heavy (non-hydrogen) atoms. The molecule has 4 nitrogen and oxygen atoms in total. The van der Waals surface area contributed by atoms with Gasteiger partial charge in [-0.15, -0.1) is 0 Å². The Labute approximate surface area is 143 Å². The largest absolute Gasteiger partial charge is 0.371 e. The van der Waals surface area contributed by atoms with Crippen molar-refractivity contribution in [1.29, 1.82) is 0 Å². The second-order valence-electron chi connectivity index (χ2n) is 7.36. The van der Waals surface area contributed by atoms with Gasteiger partial charge in [0.25, 0.3) is 0 Å². The van der Waals surface area contributed by atoms with Crippen LogP contribution in [0.1, 0.15) is 60.3 Å². The van der Waals surface area contributed by atoms with Crippen molar-refractivity contribution in [2.75, 3.05) is 39.4 Å². The second kappa shape index (κ2) is 11.0. The monoisotopic (exact) mass is 326 g/mol. The molecule has 1 amide bonds. The van der Waals surface area contributed by atoms with Gasteiger partial charge in [0.1, 0.15) is 6.61 Å².